The van der Waals surface area contributed by atoms with E-state index in [1.54, 1.807) is 0 Å². The molecule has 0 aromatic carbocycles. The number of allylic oxidation sites excluding steroid dienone is 4. The molecule has 0 spiro atoms. The zero-order valence-electron chi connectivity index (χ0n) is 13.6. The maximum Gasteiger partial charge on any atom is 0.249 e. The summed E-state index contributed by atoms with van der Waals surface area (Å²) >= 11 is 0. The van der Waals surface area contributed by atoms with Crippen molar-refractivity contribution in [1.29, 1.82) is 0 Å². The molecule has 0 saturated carbocycles. The number of Topliss-reactive ketones (excluding diaryl/α,β-unsaturated/α-hetero) is 1. The Morgan fingerprint density at radius 2 is 1.64 bits per heavy atom. The highest BCUT2D eigenvalue weighted by atomic mass is 16.6. The normalized spacial score (nSPS) is 20.8. The molecule has 0 radical (unpaired) electrons. The highest BCUT2D eigenvalue weighted by molar-refractivity contribution is 5.95. The SMILES string of the molecule is CCCCCCC/C=C/C/C=C/CCC(=O)[C@H]1O[C@H]1C(N)=O. The minimum atomic E-state index is -0.684. The van der Waals surface area contributed by atoms with Gasteiger partial charge >= 0.3 is 0 Å². The Morgan fingerprint density at radius 1 is 0.955 bits per heavy atom. The Morgan fingerprint density at radius 3 is 2.27 bits per heavy atom. The molecule has 1 amide bonds. The average Bonchev–Trinajstić information content (AvgIpc) is 3.29. The number of ether oxygens (including phenoxy) is 1. The predicted molar refractivity (Wildman–Crippen MR) is 88.4 cm³/mol. The number of carbonyl (C=O) groups excluding carboxylic acids is 2. The van der Waals surface area contributed by atoms with Crippen LogP contribution in [0.1, 0.15) is 64.7 Å². The number of nitrogens with two attached hydrogens (primary N) is 1. The van der Waals surface area contributed by atoms with E-state index in [-0.39, 0.29) is 5.78 Å². The van der Waals surface area contributed by atoms with E-state index in [1.165, 1.54) is 32.1 Å². The van der Waals surface area contributed by atoms with Crippen LogP contribution in [0.5, 0.6) is 0 Å². The molecule has 124 valence electrons. The van der Waals surface area contributed by atoms with Gasteiger partial charge in [-0.05, 0) is 25.7 Å². The monoisotopic (exact) mass is 307 g/mol. The number of unbranched alkanes of at least 4 members (excludes halogenated alkanes) is 5. The van der Waals surface area contributed by atoms with Crippen molar-refractivity contribution in [2.24, 2.45) is 5.73 Å². The highest BCUT2D eigenvalue weighted by Crippen LogP contribution is 2.24. The second-order valence-electron chi connectivity index (χ2n) is 5.77. The number of hydrogen-bond donors (Lipinski definition) is 1. The van der Waals surface area contributed by atoms with Gasteiger partial charge in [-0.15, -0.1) is 0 Å². The first kappa shape index (κ1) is 18.6. The summed E-state index contributed by atoms with van der Waals surface area (Å²) in [6.45, 7) is 2.23. The maximum absolute atomic E-state index is 11.6. The molecule has 1 aliphatic rings. The second kappa shape index (κ2) is 11.2. The largest absolute Gasteiger partial charge is 0.367 e. The van der Waals surface area contributed by atoms with Crippen LogP contribution in [-0.4, -0.2) is 23.9 Å². The van der Waals surface area contributed by atoms with Crippen molar-refractivity contribution in [3.8, 4) is 0 Å². The fraction of sp³-hybridized carbons (Fsp3) is 0.667. The van der Waals surface area contributed by atoms with E-state index >= 15 is 0 Å². The summed E-state index contributed by atoms with van der Waals surface area (Å²) in [4.78, 5) is 22.4. The zero-order valence-corrected chi connectivity index (χ0v) is 13.6. The lowest BCUT2D eigenvalue weighted by molar-refractivity contribution is -0.121. The lowest BCUT2D eigenvalue weighted by Crippen LogP contribution is -2.22. The fourth-order valence-electron chi connectivity index (χ4n) is 2.31. The summed E-state index contributed by atoms with van der Waals surface area (Å²) in [5.74, 6) is -0.579. The molecule has 22 heavy (non-hydrogen) atoms. The molecule has 0 unspecified atom stereocenters. The Bertz CT molecular complexity index is 401. The molecule has 2 N–H and O–H groups in total. The van der Waals surface area contributed by atoms with Gasteiger partial charge < -0.3 is 10.5 Å². The Hall–Kier alpha value is -1.42. The molecule has 2 atom stereocenters. The van der Waals surface area contributed by atoms with Gasteiger partial charge in [0.25, 0.3) is 0 Å². The number of hydrogen-bond acceptors (Lipinski definition) is 3. The topological polar surface area (TPSA) is 72.7 Å². The third kappa shape index (κ3) is 8.13. The van der Waals surface area contributed by atoms with Crippen LogP contribution < -0.4 is 5.73 Å². The van der Waals surface area contributed by atoms with E-state index in [4.69, 9.17) is 10.5 Å². The summed E-state index contributed by atoms with van der Waals surface area (Å²) in [5, 5.41) is 0. The number of primary amides is 1. The van der Waals surface area contributed by atoms with Crippen LogP contribution in [0.3, 0.4) is 0 Å². The molecule has 1 aliphatic heterocycles. The van der Waals surface area contributed by atoms with Crippen molar-refractivity contribution in [3.63, 3.8) is 0 Å². The van der Waals surface area contributed by atoms with Crippen molar-refractivity contribution in [3.05, 3.63) is 24.3 Å². The number of epoxide rings is 1. The Balaban J connectivity index is 1.94. The predicted octanol–water partition coefficient (Wildman–Crippen LogP) is 3.45. The molecule has 0 aliphatic carbocycles. The van der Waals surface area contributed by atoms with Gasteiger partial charge in [0.15, 0.2) is 18.0 Å². The molecule has 4 nitrogen and oxygen atoms in total. The average molecular weight is 307 g/mol. The molecule has 4 heteroatoms. The van der Waals surface area contributed by atoms with Crippen LogP contribution in [0.4, 0.5) is 0 Å². The summed E-state index contributed by atoms with van der Waals surface area (Å²) in [7, 11) is 0. The first-order chi connectivity index (χ1) is 10.7. The number of rotatable bonds is 13. The standard InChI is InChI=1S/C18H29NO3/c1-2-3-4-5-6-7-8-9-10-11-12-13-14-15(20)16-17(22-16)18(19)21/h8-9,11-12,16-17H,2-7,10,13-14H2,1H3,(H2,19,21)/b9-8+,12-11+/t16-,17-/m1/s1. The van der Waals surface area contributed by atoms with Crippen LogP contribution in [0.2, 0.25) is 0 Å². The molecule has 1 heterocycles. The number of carbonyl (C=O) groups is 2. The molecular weight excluding hydrogens is 278 g/mol. The van der Waals surface area contributed by atoms with Gasteiger partial charge in [0.2, 0.25) is 5.91 Å². The van der Waals surface area contributed by atoms with E-state index < -0.39 is 18.1 Å². The Labute approximate surface area is 133 Å². The third-order valence-corrected chi connectivity index (χ3v) is 3.73. The van der Waals surface area contributed by atoms with Gasteiger partial charge in [-0.25, -0.2) is 0 Å². The van der Waals surface area contributed by atoms with Gasteiger partial charge in [-0.1, -0.05) is 56.9 Å². The first-order valence-electron chi connectivity index (χ1n) is 8.44. The van der Waals surface area contributed by atoms with Crippen LogP contribution in [0.15, 0.2) is 24.3 Å². The maximum atomic E-state index is 11.6. The molecule has 1 rings (SSSR count). The van der Waals surface area contributed by atoms with Crippen LogP contribution in [0.25, 0.3) is 0 Å². The molecule has 0 aromatic rings. The van der Waals surface area contributed by atoms with Crippen molar-refractivity contribution in [2.75, 3.05) is 0 Å². The minimum absolute atomic E-state index is 0.0314. The summed E-state index contributed by atoms with van der Waals surface area (Å²) in [5.41, 5.74) is 5.06. The van der Waals surface area contributed by atoms with Crippen molar-refractivity contribution >= 4 is 11.7 Å². The third-order valence-electron chi connectivity index (χ3n) is 3.73. The molecule has 0 bridgehead atoms. The second-order valence-corrected chi connectivity index (χ2v) is 5.77. The Kier molecular flexibility index (Phi) is 9.47. The minimum Gasteiger partial charge on any atom is -0.367 e. The van der Waals surface area contributed by atoms with Gasteiger partial charge in [0.05, 0.1) is 0 Å². The quantitative estimate of drug-likeness (QED) is 0.322. The van der Waals surface area contributed by atoms with E-state index in [0.717, 1.165) is 12.8 Å². The van der Waals surface area contributed by atoms with Crippen molar-refractivity contribution in [2.45, 2.75) is 76.9 Å². The molecule has 1 fully saturated rings. The summed E-state index contributed by atoms with van der Waals surface area (Å²) in [6, 6.07) is 0. The lowest BCUT2D eigenvalue weighted by Gasteiger charge is -1.95. The molecule has 0 aromatic heterocycles. The van der Waals surface area contributed by atoms with E-state index in [9.17, 15) is 9.59 Å². The smallest absolute Gasteiger partial charge is 0.249 e. The van der Waals surface area contributed by atoms with Crippen LogP contribution >= 0.6 is 0 Å². The molecule has 1 saturated heterocycles. The van der Waals surface area contributed by atoms with Gasteiger partial charge in [-0.3, -0.25) is 9.59 Å². The van der Waals surface area contributed by atoms with Crippen LogP contribution in [-0.2, 0) is 14.3 Å². The highest BCUT2D eigenvalue weighted by Gasteiger charge is 2.48. The summed E-state index contributed by atoms with van der Waals surface area (Å²) < 4.78 is 4.94. The number of amides is 1. The van der Waals surface area contributed by atoms with E-state index in [1.807, 2.05) is 6.08 Å². The lowest BCUT2D eigenvalue weighted by atomic mass is 10.1. The van der Waals surface area contributed by atoms with Crippen molar-refractivity contribution in [1.82, 2.24) is 0 Å². The van der Waals surface area contributed by atoms with Crippen molar-refractivity contribution < 1.29 is 14.3 Å². The van der Waals surface area contributed by atoms with Gasteiger partial charge in [0.1, 0.15) is 0 Å². The zero-order chi connectivity index (χ0) is 16.2. The fourth-order valence-corrected chi connectivity index (χ4v) is 2.31. The summed E-state index contributed by atoms with van der Waals surface area (Å²) in [6.07, 6.45) is 17.0. The van der Waals surface area contributed by atoms with E-state index in [2.05, 4.69) is 25.2 Å². The van der Waals surface area contributed by atoms with Gasteiger partial charge in [0, 0.05) is 6.42 Å². The first-order valence-corrected chi connectivity index (χ1v) is 8.44. The van der Waals surface area contributed by atoms with Gasteiger partial charge in [-0.2, -0.15) is 0 Å². The molecular formula is C18H29NO3. The van der Waals surface area contributed by atoms with E-state index in [0.29, 0.717) is 12.8 Å². The van der Waals surface area contributed by atoms with Crippen LogP contribution in [0, 0.1) is 0 Å². The number of ketones is 1.